The molecule has 3 rings (SSSR count). The minimum atomic E-state index is -1.26. The van der Waals surface area contributed by atoms with Crippen molar-refractivity contribution in [3.63, 3.8) is 0 Å². The van der Waals surface area contributed by atoms with Gasteiger partial charge in [0.15, 0.2) is 17.5 Å². The molecule has 0 aliphatic heterocycles. The lowest BCUT2D eigenvalue weighted by Crippen LogP contribution is -2.56. The molecular weight excluding hydrogens is 349 g/mol. The minimum Gasteiger partial charge on any atom is -0.325 e. The molecule has 2 aliphatic rings. The second-order valence-corrected chi connectivity index (χ2v) is 8.36. The predicted molar refractivity (Wildman–Crippen MR) is 93.2 cm³/mol. The van der Waals surface area contributed by atoms with E-state index in [2.05, 4.69) is 5.32 Å². The van der Waals surface area contributed by atoms with E-state index in [1.807, 2.05) is 20.8 Å². The summed E-state index contributed by atoms with van der Waals surface area (Å²) in [6.45, 7) is 5.77. The average Bonchev–Trinajstić information content (AvgIpc) is 2.62. The summed E-state index contributed by atoms with van der Waals surface area (Å²) < 4.78 is 0. The molecule has 1 amide bonds. The van der Waals surface area contributed by atoms with Gasteiger partial charge >= 0.3 is 0 Å². The Labute approximate surface area is 150 Å². The number of ketones is 2. The van der Waals surface area contributed by atoms with Crippen LogP contribution >= 0.6 is 23.2 Å². The van der Waals surface area contributed by atoms with Gasteiger partial charge < -0.3 is 5.32 Å². The zero-order chi connectivity index (χ0) is 17.9. The highest BCUT2D eigenvalue weighted by atomic mass is 35.5. The maximum absolute atomic E-state index is 13.0. The van der Waals surface area contributed by atoms with Crippen LogP contribution in [0.4, 0.5) is 5.69 Å². The van der Waals surface area contributed by atoms with Gasteiger partial charge in [0.2, 0.25) is 5.91 Å². The first-order valence-corrected chi connectivity index (χ1v) is 8.68. The Morgan fingerprint density at radius 1 is 1.12 bits per heavy atom. The number of hydrogen-bond acceptors (Lipinski definition) is 3. The van der Waals surface area contributed by atoms with E-state index in [1.165, 1.54) is 12.1 Å². The minimum absolute atomic E-state index is 0.265. The van der Waals surface area contributed by atoms with Crippen molar-refractivity contribution >= 4 is 46.4 Å². The Morgan fingerprint density at radius 2 is 1.71 bits per heavy atom. The molecule has 6 heteroatoms. The first-order valence-electron chi connectivity index (χ1n) is 7.93. The number of carbonyl (C=O) groups excluding carboxylic acids is 3. The number of hydrogen-bond donors (Lipinski definition) is 1. The Bertz CT molecular complexity index is 738. The van der Waals surface area contributed by atoms with Crippen LogP contribution in [0, 0.1) is 22.7 Å². The van der Waals surface area contributed by atoms with Gasteiger partial charge in [0, 0.05) is 27.1 Å². The van der Waals surface area contributed by atoms with Crippen LogP contribution in [-0.4, -0.2) is 17.5 Å². The third kappa shape index (κ3) is 2.39. The second-order valence-electron chi connectivity index (χ2n) is 7.49. The van der Waals surface area contributed by atoms with E-state index in [-0.39, 0.29) is 17.5 Å². The van der Waals surface area contributed by atoms with Crippen molar-refractivity contribution in [3.05, 3.63) is 28.2 Å². The van der Waals surface area contributed by atoms with Gasteiger partial charge in [-0.3, -0.25) is 14.4 Å². The van der Waals surface area contributed by atoms with E-state index in [9.17, 15) is 14.4 Å². The molecule has 1 aromatic carbocycles. The lowest BCUT2D eigenvalue weighted by Gasteiger charge is -2.46. The summed E-state index contributed by atoms with van der Waals surface area (Å²) in [5.74, 6) is -2.67. The predicted octanol–water partition coefficient (Wildman–Crippen LogP) is 4.14. The summed E-state index contributed by atoms with van der Waals surface area (Å²) in [5, 5.41) is 3.35. The zero-order valence-electron chi connectivity index (χ0n) is 13.8. The molecule has 4 nitrogen and oxygen atoms in total. The molecule has 2 unspecified atom stereocenters. The van der Waals surface area contributed by atoms with Gasteiger partial charge in [0.1, 0.15) is 0 Å². The first kappa shape index (κ1) is 17.4. The van der Waals surface area contributed by atoms with Crippen LogP contribution in [0.25, 0.3) is 0 Å². The Hall–Kier alpha value is -1.39. The fourth-order valence-corrected chi connectivity index (χ4v) is 4.70. The molecule has 0 saturated heterocycles. The van der Waals surface area contributed by atoms with E-state index in [0.717, 1.165) is 0 Å². The summed E-state index contributed by atoms with van der Waals surface area (Å²) in [5.41, 5.74) is -0.697. The highest BCUT2D eigenvalue weighted by molar-refractivity contribution is 6.35. The molecule has 1 aromatic rings. The van der Waals surface area contributed by atoms with Crippen LogP contribution in [-0.2, 0) is 14.4 Å². The standard InChI is InChI=1S/C18H19Cl2NO3/c1-17(2)12-4-5-18(17,3)15(23)13(14(12)22)16(24)21-11-7-9(19)6-10(20)8-11/h6-8,12-13H,4-5H2,1-3H3,(H,21,24)/t12?,13?,18-/m0/s1. The van der Waals surface area contributed by atoms with Crippen LogP contribution in [0.15, 0.2) is 18.2 Å². The fraction of sp³-hybridized carbons (Fsp3) is 0.500. The number of rotatable bonds is 2. The van der Waals surface area contributed by atoms with E-state index in [0.29, 0.717) is 28.6 Å². The summed E-state index contributed by atoms with van der Waals surface area (Å²) in [4.78, 5) is 38.4. The average molecular weight is 368 g/mol. The number of amides is 1. The first-order chi connectivity index (χ1) is 11.1. The van der Waals surface area contributed by atoms with Gasteiger partial charge in [0.25, 0.3) is 0 Å². The summed E-state index contributed by atoms with van der Waals surface area (Å²) in [6.07, 6.45) is 1.29. The lowest BCUT2D eigenvalue weighted by atomic mass is 9.55. The van der Waals surface area contributed by atoms with Crippen molar-refractivity contribution in [3.8, 4) is 0 Å². The molecule has 2 saturated carbocycles. The Balaban J connectivity index is 1.91. The van der Waals surface area contributed by atoms with Gasteiger partial charge in [-0.1, -0.05) is 44.0 Å². The number of Topliss-reactive ketones (excluding diaryl/α,β-unsaturated/α-hetero) is 2. The van der Waals surface area contributed by atoms with Crippen LogP contribution < -0.4 is 5.32 Å². The monoisotopic (exact) mass is 367 g/mol. The molecule has 0 aromatic heterocycles. The summed E-state index contributed by atoms with van der Waals surface area (Å²) >= 11 is 11.8. The molecule has 2 bridgehead atoms. The number of carbonyl (C=O) groups is 3. The smallest absolute Gasteiger partial charge is 0.242 e. The van der Waals surface area contributed by atoms with Crippen LogP contribution in [0.1, 0.15) is 33.6 Å². The second kappa shape index (κ2) is 5.57. The summed E-state index contributed by atoms with van der Waals surface area (Å²) in [7, 11) is 0. The van der Waals surface area contributed by atoms with Crippen LogP contribution in [0.3, 0.4) is 0 Å². The normalized spacial score (nSPS) is 31.2. The summed E-state index contributed by atoms with van der Waals surface area (Å²) in [6, 6.07) is 4.60. The quantitative estimate of drug-likeness (QED) is 0.798. The van der Waals surface area contributed by atoms with E-state index >= 15 is 0 Å². The van der Waals surface area contributed by atoms with Crippen molar-refractivity contribution in [2.45, 2.75) is 33.6 Å². The maximum Gasteiger partial charge on any atom is 0.242 e. The molecule has 0 radical (unpaired) electrons. The van der Waals surface area contributed by atoms with E-state index in [4.69, 9.17) is 23.2 Å². The third-order valence-corrected chi connectivity index (χ3v) is 6.49. The van der Waals surface area contributed by atoms with Crippen molar-refractivity contribution in [1.29, 1.82) is 0 Å². The number of nitrogens with one attached hydrogen (secondary N) is 1. The van der Waals surface area contributed by atoms with Crippen molar-refractivity contribution in [2.75, 3.05) is 5.32 Å². The van der Waals surface area contributed by atoms with Crippen LogP contribution in [0.5, 0.6) is 0 Å². The Kier molecular flexibility index (Phi) is 4.04. The largest absolute Gasteiger partial charge is 0.325 e. The molecule has 2 aliphatic carbocycles. The molecule has 128 valence electrons. The van der Waals surface area contributed by atoms with Gasteiger partial charge in [0.05, 0.1) is 0 Å². The number of anilines is 1. The fourth-order valence-electron chi connectivity index (χ4n) is 4.18. The van der Waals surface area contributed by atoms with E-state index < -0.39 is 22.7 Å². The molecule has 0 heterocycles. The number of fused-ring (bicyclic) bond motifs is 2. The third-order valence-electron chi connectivity index (χ3n) is 6.05. The van der Waals surface area contributed by atoms with Gasteiger partial charge in [-0.05, 0) is 36.5 Å². The molecule has 24 heavy (non-hydrogen) atoms. The zero-order valence-corrected chi connectivity index (χ0v) is 15.3. The molecule has 3 atom stereocenters. The molecule has 0 spiro atoms. The van der Waals surface area contributed by atoms with Gasteiger partial charge in [-0.2, -0.15) is 0 Å². The lowest BCUT2D eigenvalue weighted by molar-refractivity contribution is -0.156. The highest BCUT2D eigenvalue weighted by Gasteiger charge is 2.66. The Morgan fingerprint density at radius 3 is 2.29 bits per heavy atom. The SMILES string of the molecule is CC1(C)C2CC[C@@]1(C)C(=O)C(C(=O)Nc1cc(Cl)cc(Cl)c1)C2=O. The topological polar surface area (TPSA) is 63.2 Å². The van der Waals surface area contributed by atoms with E-state index in [1.54, 1.807) is 6.07 Å². The maximum atomic E-state index is 13.0. The number of benzene rings is 1. The van der Waals surface area contributed by atoms with Crippen LogP contribution in [0.2, 0.25) is 10.0 Å². The molecular formula is C18H19Cl2NO3. The molecule has 1 N–H and O–H groups in total. The van der Waals surface area contributed by atoms with Crippen molar-refractivity contribution < 1.29 is 14.4 Å². The van der Waals surface area contributed by atoms with Crippen molar-refractivity contribution in [2.24, 2.45) is 22.7 Å². The van der Waals surface area contributed by atoms with Gasteiger partial charge in [-0.25, -0.2) is 0 Å². The van der Waals surface area contributed by atoms with Crippen molar-refractivity contribution in [1.82, 2.24) is 0 Å². The highest BCUT2D eigenvalue weighted by Crippen LogP contribution is 2.61. The molecule has 2 fully saturated rings. The van der Waals surface area contributed by atoms with Gasteiger partial charge in [-0.15, -0.1) is 0 Å². The number of halogens is 2.